The van der Waals surface area contributed by atoms with Gasteiger partial charge in [-0.15, -0.1) is 5.10 Å². The summed E-state index contributed by atoms with van der Waals surface area (Å²) >= 11 is 0. The molecule has 0 saturated carbocycles. The maximum absolute atomic E-state index is 12.7. The summed E-state index contributed by atoms with van der Waals surface area (Å²) < 4.78 is 6.95. The molecule has 0 aliphatic carbocycles. The summed E-state index contributed by atoms with van der Waals surface area (Å²) in [5.41, 5.74) is 0.736. The third-order valence-corrected chi connectivity index (χ3v) is 5.33. The molecule has 2 aliphatic heterocycles. The number of aromatic nitrogens is 4. The van der Waals surface area contributed by atoms with E-state index in [-0.39, 0.29) is 17.2 Å². The van der Waals surface area contributed by atoms with E-state index in [1.807, 2.05) is 16.7 Å². The molecule has 2 amide bonds. The average molecular weight is 358 g/mol. The Kier molecular flexibility index (Phi) is 4.21. The number of oxazole rings is 1. The molecule has 0 bridgehead atoms. The van der Waals surface area contributed by atoms with E-state index >= 15 is 0 Å². The molecule has 2 aromatic rings. The number of likely N-dealkylation sites (tertiary alicyclic amines) is 2. The highest BCUT2D eigenvalue weighted by Gasteiger charge is 2.50. The highest BCUT2D eigenvalue weighted by molar-refractivity contribution is 5.92. The molecule has 0 N–H and O–H groups in total. The second-order valence-electron chi connectivity index (χ2n) is 7.12. The van der Waals surface area contributed by atoms with Gasteiger partial charge < -0.3 is 14.2 Å². The normalized spacial score (nSPS) is 18.3. The van der Waals surface area contributed by atoms with Crippen molar-refractivity contribution in [2.45, 2.75) is 32.7 Å². The molecular weight excluding hydrogens is 336 g/mol. The zero-order valence-corrected chi connectivity index (χ0v) is 14.8. The van der Waals surface area contributed by atoms with Gasteiger partial charge in [0.25, 0.3) is 5.91 Å². The van der Waals surface area contributed by atoms with E-state index in [0.717, 1.165) is 6.42 Å². The molecule has 2 fully saturated rings. The first-order valence-electron chi connectivity index (χ1n) is 8.94. The molecule has 0 radical (unpaired) electrons. The van der Waals surface area contributed by atoms with Gasteiger partial charge in [-0.1, -0.05) is 12.1 Å². The summed E-state index contributed by atoms with van der Waals surface area (Å²) in [6.45, 7) is 5.29. The van der Waals surface area contributed by atoms with Crippen LogP contribution in [-0.2, 0) is 17.8 Å². The van der Waals surface area contributed by atoms with Crippen LogP contribution in [0.1, 0.15) is 36.0 Å². The molecule has 1 spiro atoms. The number of hydrogen-bond donors (Lipinski definition) is 0. The minimum absolute atomic E-state index is 0.0327. The fourth-order valence-electron chi connectivity index (χ4n) is 3.87. The third-order valence-electron chi connectivity index (χ3n) is 5.33. The Hall–Kier alpha value is -2.71. The first-order chi connectivity index (χ1) is 12.6. The lowest BCUT2D eigenvalue weighted by Crippen LogP contribution is -2.59. The molecular formula is C17H22N6O3. The number of rotatable bonds is 5. The monoisotopic (exact) mass is 358 g/mol. The Morgan fingerprint density at radius 3 is 2.81 bits per heavy atom. The second-order valence-corrected chi connectivity index (χ2v) is 7.12. The Morgan fingerprint density at radius 2 is 2.08 bits per heavy atom. The Morgan fingerprint density at radius 1 is 1.27 bits per heavy atom. The first kappa shape index (κ1) is 16.7. The molecule has 2 aromatic heterocycles. The van der Waals surface area contributed by atoms with E-state index in [1.54, 1.807) is 17.1 Å². The Bertz CT molecular complexity index is 793. The van der Waals surface area contributed by atoms with E-state index in [1.165, 1.54) is 6.39 Å². The van der Waals surface area contributed by atoms with Crippen LogP contribution in [-0.4, -0.2) is 67.8 Å². The van der Waals surface area contributed by atoms with Gasteiger partial charge in [0, 0.05) is 44.2 Å². The van der Waals surface area contributed by atoms with Crippen molar-refractivity contribution in [2.24, 2.45) is 5.41 Å². The zero-order chi connectivity index (χ0) is 18.1. The molecule has 9 nitrogen and oxygen atoms in total. The molecule has 0 atom stereocenters. The second kappa shape index (κ2) is 6.54. The van der Waals surface area contributed by atoms with Crippen LogP contribution in [0.2, 0.25) is 0 Å². The summed E-state index contributed by atoms with van der Waals surface area (Å²) in [6, 6.07) is 0. The minimum Gasteiger partial charge on any atom is -0.438 e. The Balaban J connectivity index is 1.29. The van der Waals surface area contributed by atoms with E-state index < -0.39 is 0 Å². The van der Waals surface area contributed by atoms with Crippen LogP contribution in [0.5, 0.6) is 0 Å². The van der Waals surface area contributed by atoms with Crippen molar-refractivity contribution in [3.05, 3.63) is 30.2 Å². The van der Waals surface area contributed by atoms with Crippen molar-refractivity contribution in [3.8, 4) is 0 Å². The maximum Gasteiger partial charge on any atom is 0.291 e. The lowest BCUT2D eigenvalue weighted by Gasteiger charge is -2.48. The SMILES string of the molecule is CCc1ncoc1C(=O)N1CCC2(CN(C(=O)CCn3ccnn3)C2)C1. The number of carbonyl (C=O) groups is 2. The van der Waals surface area contributed by atoms with E-state index in [9.17, 15) is 9.59 Å². The molecule has 0 aromatic carbocycles. The van der Waals surface area contributed by atoms with E-state index in [0.29, 0.717) is 57.0 Å². The molecule has 0 unspecified atom stereocenters. The third kappa shape index (κ3) is 2.97. The van der Waals surface area contributed by atoms with Gasteiger partial charge in [0.2, 0.25) is 11.7 Å². The van der Waals surface area contributed by atoms with Crippen molar-refractivity contribution in [2.75, 3.05) is 26.2 Å². The lowest BCUT2D eigenvalue weighted by molar-refractivity contribution is -0.142. The van der Waals surface area contributed by atoms with Gasteiger partial charge in [-0.3, -0.25) is 14.3 Å². The average Bonchev–Trinajstić information content (AvgIpc) is 3.37. The van der Waals surface area contributed by atoms with Crippen molar-refractivity contribution in [1.29, 1.82) is 0 Å². The maximum atomic E-state index is 12.7. The van der Waals surface area contributed by atoms with Crippen LogP contribution in [0.25, 0.3) is 0 Å². The summed E-state index contributed by atoms with van der Waals surface area (Å²) in [7, 11) is 0. The summed E-state index contributed by atoms with van der Waals surface area (Å²) in [5.74, 6) is 0.385. The van der Waals surface area contributed by atoms with Crippen molar-refractivity contribution >= 4 is 11.8 Å². The fourth-order valence-corrected chi connectivity index (χ4v) is 3.87. The highest BCUT2D eigenvalue weighted by atomic mass is 16.3. The number of hydrogen-bond acceptors (Lipinski definition) is 6. The molecule has 4 rings (SSSR count). The lowest BCUT2D eigenvalue weighted by atomic mass is 9.79. The molecule has 26 heavy (non-hydrogen) atoms. The van der Waals surface area contributed by atoms with Gasteiger partial charge in [-0.25, -0.2) is 4.98 Å². The molecule has 2 saturated heterocycles. The summed E-state index contributed by atoms with van der Waals surface area (Å²) in [4.78, 5) is 32.8. The number of nitrogens with zero attached hydrogens (tertiary/aromatic N) is 6. The molecule has 2 aliphatic rings. The number of carbonyl (C=O) groups excluding carboxylic acids is 2. The van der Waals surface area contributed by atoms with E-state index in [4.69, 9.17) is 4.42 Å². The smallest absolute Gasteiger partial charge is 0.291 e. The zero-order valence-electron chi connectivity index (χ0n) is 14.8. The van der Waals surface area contributed by atoms with E-state index in [2.05, 4.69) is 15.3 Å². The predicted octanol–water partition coefficient (Wildman–Crippen LogP) is 0.593. The van der Waals surface area contributed by atoms with Crippen molar-refractivity contribution in [3.63, 3.8) is 0 Å². The highest BCUT2D eigenvalue weighted by Crippen LogP contribution is 2.40. The van der Waals surface area contributed by atoms with Gasteiger partial charge in [0.1, 0.15) is 0 Å². The van der Waals surface area contributed by atoms with Crippen LogP contribution >= 0.6 is 0 Å². The van der Waals surface area contributed by atoms with Gasteiger partial charge in [0.15, 0.2) is 6.39 Å². The Labute approximate surface area is 151 Å². The van der Waals surface area contributed by atoms with Crippen molar-refractivity contribution < 1.29 is 14.0 Å². The van der Waals surface area contributed by atoms with Gasteiger partial charge in [-0.2, -0.15) is 0 Å². The fraction of sp³-hybridized carbons (Fsp3) is 0.588. The van der Waals surface area contributed by atoms with Gasteiger partial charge >= 0.3 is 0 Å². The van der Waals surface area contributed by atoms with Crippen LogP contribution in [0, 0.1) is 5.41 Å². The first-order valence-corrected chi connectivity index (χ1v) is 8.94. The van der Waals surface area contributed by atoms with Crippen LogP contribution in [0.4, 0.5) is 0 Å². The van der Waals surface area contributed by atoms with Crippen LogP contribution in [0.3, 0.4) is 0 Å². The quantitative estimate of drug-likeness (QED) is 0.776. The summed E-state index contributed by atoms with van der Waals surface area (Å²) in [5, 5.41) is 7.60. The number of amides is 2. The summed E-state index contributed by atoms with van der Waals surface area (Å²) in [6.07, 6.45) is 6.69. The standard InChI is InChI=1S/C17H22N6O3/c1-2-13-15(26-12-18-13)16(25)21-7-4-17(9-21)10-22(11-17)14(24)3-6-23-8-5-19-20-23/h5,8,12H,2-4,6-7,9-11H2,1H3. The largest absolute Gasteiger partial charge is 0.438 e. The topological polar surface area (TPSA) is 97.4 Å². The van der Waals surface area contributed by atoms with Gasteiger partial charge in [0.05, 0.1) is 18.4 Å². The minimum atomic E-state index is -0.0906. The molecule has 138 valence electrons. The van der Waals surface area contributed by atoms with Gasteiger partial charge in [-0.05, 0) is 12.8 Å². The van der Waals surface area contributed by atoms with Crippen molar-refractivity contribution in [1.82, 2.24) is 29.8 Å². The number of aryl methyl sites for hydroxylation is 2. The van der Waals surface area contributed by atoms with Crippen LogP contribution in [0.15, 0.2) is 23.2 Å². The van der Waals surface area contributed by atoms with Crippen LogP contribution < -0.4 is 0 Å². The molecule has 4 heterocycles. The molecule has 9 heteroatoms. The predicted molar refractivity (Wildman–Crippen MR) is 90.1 cm³/mol.